The first-order valence-corrected chi connectivity index (χ1v) is 8.31. The van der Waals surface area contributed by atoms with Crippen LogP contribution >= 0.6 is 0 Å². The first-order valence-electron chi connectivity index (χ1n) is 8.31. The van der Waals surface area contributed by atoms with Crippen LogP contribution in [0.3, 0.4) is 0 Å². The van der Waals surface area contributed by atoms with E-state index in [4.69, 9.17) is 4.74 Å². The molecule has 0 spiro atoms. The van der Waals surface area contributed by atoms with E-state index in [1.54, 1.807) is 12.0 Å². The molecule has 1 aromatic rings. The van der Waals surface area contributed by atoms with Crippen LogP contribution in [0.15, 0.2) is 24.3 Å². The molecule has 1 saturated heterocycles. The van der Waals surface area contributed by atoms with Crippen LogP contribution in [0.4, 0.5) is 0 Å². The van der Waals surface area contributed by atoms with Crippen molar-refractivity contribution in [2.24, 2.45) is 0 Å². The molecule has 0 saturated carbocycles. The minimum Gasteiger partial charge on any atom is -0.497 e. The molecule has 1 heterocycles. The lowest BCUT2D eigenvalue weighted by Crippen LogP contribution is -2.48. The monoisotopic (exact) mass is 318 g/mol. The van der Waals surface area contributed by atoms with E-state index in [2.05, 4.69) is 0 Å². The van der Waals surface area contributed by atoms with Gasteiger partial charge in [0.05, 0.1) is 13.5 Å². The third-order valence-corrected chi connectivity index (χ3v) is 4.42. The molecule has 5 heteroatoms. The zero-order valence-electron chi connectivity index (χ0n) is 14.2. The first-order chi connectivity index (χ1) is 11.1. The summed E-state index contributed by atoms with van der Waals surface area (Å²) in [6, 6.07) is 7.22. The van der Waals surface area contributed by atoms with Gasteiger partial charge in [-0.1, -0.05) is 12.1 Å². The van der Waals surface area contributed by atoms with Gasteiger partial charge in [-0.05, 0) is 44.4 Å². The van der Waals surface area contributed by atoms with Crippen LogP contribution in [0.2, 0.25) is 0 Å². The number of likely N-dealkylation sites (tertiary alicyclic amines) is 1. The van der Waals surface area contributed by atoms with Crippen molar-refractivity contribution in [3.8, 4) is 5.75 Å². The summed E-state index contributed by atoms with van der Waals surface area (Å²) in [4.78, 5) is 28.8. The number of benzene rings is 1. The van der Waals surface area contributed by atoms with Gasteiger partial charge < -0.3 is 14.5 Å². The molecule has 1 fully saturated rings. The summed E-state index contributed by atoms with van der Waals surface area (Å²) < 4.78 is 5.20. The molecule has 1 atom stereocenters. The van der Waals surface area contributed by atoms with Crippen LogP contribution < -0.4 is 4.74 Å². The third kappa shape index (κ3) is 4.03. The van der Waals surface area contributed by atoms with Crippen molar-refractivity contribution in [2.75, 3.05) is 26.7 Å². The van der Waals surface area contributed by atoms with Gasteiger partial charge in [-0.2, -0.15) is 0 Å². The average Bonchev–Trinajstić information content (AvgIpc) is 3.05. The SMILES string of the molecule is CCN(CC)C(=O)[C@H]1CCCN1C(=O)Cc1cccc(OC)c1. The number of carbonyl (C=O) groups excluding carboxylic acids is 2. The molecule has 0 aliphatic carbocycles. The fourth-order valence-electron chi connectivity index (χ4n) is 3.13. The molecule has 0 unspecified atom stereocenters. The summed E-state index contributed by atoms with van der Waals surface area (Å²) in [5.74, 6) is 0.834. The highest BCUT2D eigenvalue weighted by Gasteiger charge is 2.35. The Morgan fingerprint density at radius 3 is 2.70 bits per heavy atom. The number of rotatable bonds is 6. The highest BCUT2D eigenvalue weighted by Crippen LogP contribution is 2.21. The lowest BCUT2D eigenvalue weighted by Gasteiger charge is -2.29. The molecular formula is C18H26N2O3. The molecule has 1 aromatic carbocycles. The second-order valence-electron chi connectivity index (χ2n) is 5.78. The van der Waals surface area contributed by atoms with E-state index < -0.39 is 0 Å². The van der Waals surface area contributed by atoms with Crippen LogP contribution in [0.25, 0.3) is 0 Å². The van der Waals surface area contributed by atoms with E-state index in [0.29, 0.717) is 26.1 Å². The number of methoxy groups -OCH3 is 1. The van der Waals surface area contributed by atoms with Crippen LogP contribution in [-0.2, 0) is 16.0 Å². The number of amides is 2. The smallest absolute Gasteiger partial charge is 0.245 e. The Bertz CT molecular complexity index is 555. The first kappa shape index (κ1) is 17.3. The predicted octanol–water partition coefficient (Wildman–Crippen LogP) is 2.10. The van der Waals surface area contributed by atoms with E-state index in [9.17, 15) is 9.59 Å². The van der Waals surface area contributed by atoms with Gasteiger partial charge in [-0.15, -0.1) is 0 Å². The van der Waals surface area contributed by atoms with Crippen LogP contribution in [0.5, 0.6) is 5.75 Å². The molecule has 0 bridgehead atoms. The van der Waals surface area contributed by atoms with Crippen molar-refractivity contribution < 1.29 is 14.3 Å². The van der Waals surface area contributed by atoms with Crippen molar-refractivity contribution >= 4 is 11.8 Å². The van der Waals surface area contributed by atoms with Crippen molar-refractivity contribution in [1.29, 1.82) is 0 Å². The normalized spacial score (nSPS) is 17.2. The second kappa shape index (κ2) is 7.99. The fourth-order valence-corrected chi connectivity index (χ4v) is 3.13. The van der Waals surface area contributed by atoms with Crippen LogP contribution in [0.1, 0.15) is 32.3 Å². The lowest BCUT2D eigenvalue weighted by atomic mass is 10.1. The summed E-state index contributed by atoms with van der Waals surface area (Å²) in [6.45, 7) is 5.98. The molecule has 2 amide bonds. The number of nitrogens with zero attached hydrogens (tertiary/aromatic N) is 2. The van der Waals surface area contributed by atoms with Gasteiger partial charge in [-0.25, -0.2) is 0 Å². The Morgan fingerprint density at radius 2 is 2.04 bits per heavy atom. The summed E-state index contributed by atoms with van der Waals surface area (Å²) in [5, 5.41) is 0. The van der Waals surface area contributed by atoms with Gasteiger partial charge in [0.15, 0.2) is 0 Å². The second-order valence-corrected chi connectivity index (χ2v) is 5.78. The van der Waals surface area contributed by atoms with Gasteiger partial charge in [0, 0.05) is 19.6 Å². The maximum Gasteiger partial charge on any atom is 0.245 e. The van der Waals surface area contributed by atoms with Crippen LogP contribution in [-0.4, -0.2) is 54.4 Å². The quantitative estimate of drug-likeness (QED) is 0.807. The zero-order chi connectivity index (χ0) is 16.8. The molecule has 2 rings (SSSR count). The number of hydrogen-bond donors (Lipinski definition) is 0. The Balaban J connectivity index is 2.06. The predicted molar refractivity (Wildman–Crippen MR) is 89.4 cm³/mol. The van der Waals surface area contributed by atoms with E-state index in [-0.39, 0.29) is 17.9 Å². The number of likely N-dealkylation sites (N-methyl/N-ethyl adjacent to an activating group) is 1. The number of carbonyl (C=O) groups is 2. The van der Waals surface area contributed by atoms with E-state index in [1.807, 2.05) is 43.0 Å². The maximum atomic E-state index is 12.6. The van der Waals surface area contributed by atoms with Gasteiger partial charge in [0.25, 0.3) is 0 Å². The summed E-state index contributed by atoms with van der Waals surface area (Å²) >= 11 is 0. The van der Waals surface area contributed by atoms with Gasteiger partial charge in [0.2, 0.25) is 11.8 Å². The van der Waals surface area contributed by atoms with Crippen LogP contribution in [0, 0.1) is 0 Å². The fraction of sp³-hybridized carbons (Fsp3) is 0.556. The highest BCUT2D eigenvalue weighted by atomic mass is 16.5. The average molecular weight is 318 g/mol. The lowest BCUT2D eigenvalue weighted by molar-refractivity contribution is -0.143. The molecule has 1 aliphatic rings. The Morgan fingerprint density at radius 1 is 1.30 bits per heavy atom. The maximum absolute atomic E-state index is 12.6. The van der Waals surface area contributed by atoms with Gasteiger partial charge in [-0.3, -0.25) is 9.59 Å². The molecule has 5 nitrogen and oxygen atoms in total. The van der Waals surface area contributed by atoms with Crippen molar-refractivity contribution in [1.82, 2.24) is 9.80 Å². The van der Waals surface area contributed by atoms with Crippen molar-refractivity contribution in [2.45, 2.75) is 39.2 Å². The summed E-state index contributed by atoms with van der Waals surface area (Å²) in [5.41, 5.74) is 0.912. The molecular weight excluding hydrogens is 292 g/mol. The minimum absolute atomic E-state index is 0.0151. The summed E-state index contributed by atoms with van der Waals surface area (Å²) in [6.07, 6.45) is 1.96. The van der Waals surface area contributed by atoms with E-state index >= 15 is 0 Å². The Labute approximate surface area is 138 Å². The van der Waals surface area contributed by atoms with E-state index in [1.165, 1.54) is 0 Å². The molecule has 0 N–H and O–H groups in total. The topological polar surface area (TPSA) is 49.9 Å². The molecule has 23 heavy (non-hydrogen) atoms. The van der Waals surface area contributed by atoms with Gasteiger partial charge in [0.1, 0.15) is 11.8 Å². The molecule has 0 radical (unpaired) electrons. The molecule has 126 valence electrons. The van der Waals surface area contributed by atoms with Crippen molar-refractivity contribution in [3.05, 3.63) is 29.8 Å². The Hall–Kier alpha value is -2.04. The van der Waals surface area contributed by atoms with Crippen molar-refractivity contribution in [3.63, 3.8) is 0 Å². The number of hydrogen-bond acceptors (Lipinski definition) is 3. The Kier molecular flexibility index (Phi) is 6.02. The number of ether oxygens (including phenoxy) is 1. The molecule has 0 aromatic heterocycles. The highest BCUT2D eigenvalue weighted by molar-refractivity contribution is 5.89. The minimum atomic E-state index is -0.298. The zero-order valence-corrected chi connectivity index (χ0v) is 14.2. The molecule has 1 aliphatic heterocycles. The van der Waals surface area contributed by atoms with E-state index in [0.717, 1.165) is 24.2 Å². The largest absolute Gasteiger partial charge is 0.497 e. The standard InChI is InChI=1S/C18H26N2O3/c1-4-19(5-2)18(22)16-10-7-11-20(16)17(21)13-14-8-6-9-15(12-14)23-3/h6,8-9,12,16H,4-5,7,10-11,13H2,1-3H3/t16-/m1/s1. The van der Waals surface area contributed by atoms with Gasteiger partial charge >= 0.3 is 0 Å². The summed E-state index contributed by atoms with van der Waals surface area (Å²) in [7, 11) is 1.61. The third-order valence-electron chi connectivity index (χ3n) is 4.42.